The fraction of sp³-hybridized carbons (Fsp3) is 0.158. The van der Waals surface area contributed by atoms with Crippen molar-refractivity contribution >= 4 is 11.0 Å². The molecule has 120 valence electrons. The third kappa shape index (κ3) is 2.25. The highest BCUT2D eigenvalue weighted by Crippen LogP contribution is 2.24. The van der Waals surface area contributed by atoms with Gasteiger partial charge in [0.15, 0.2) is 0 Å². The van der Waals surface area contributed by atoms with Gasteiger partial charge in [-0.15, -0.1) is 0 Å². The molecule has 0 aliphatic heterocycles. The second-order valence-electron chi connectivity index (χ2n) is 6.16. The largest absolute Gasteiger partial charge is 0.322 e. The van der Waals surface area contributed by atoms with E-state index in [9.17, 15) is 4.79 Å². The van der Waals surface area contributed by atoms with Crippen LogP contribution in [-0.4, -0.2) is 19.7 Å². The van der Waals surface area contributed by atoms with Crippen molar-refractivity contribution in [1.29, 1.82) is 0 Å². The summed E-state index contributed by atoms with van der Waals surface area (Å²) in [6, 6.07) is 14.5. The summed E-state index contributed by atoms with van der Waals surface area (Å²) in [5.74, 6) is 0.507. The van der Waals surface area contributed by atoms with Gasteiger partial charge in [0.25, 0.3) is 5.56 Å². The van der Waals surface area contributed by atoms with E-state index in [0.717, 1.165) is 27.9 Å². The highest BCUT2D eigenvalue weighted by atomic mass is 16.1. The Bertz CT molecular complexity index is 1100. The molecule has 0 aliphatic carbocycles. The molecule has 0 aliphatic rings. The zero-order valence-electron chi connectivity index (χ0n) is 13.8. The molecule has 2 aromatic carbocycles. The number of aromatic amines is 2. The third-order valence-corrected chi connectivity index (χ3v) is 4.43. The van der Waals surface area contributed by atoms with Crippen LogP contribution in [0.15, 0.2) is 47.3 Å². The van der Waals surface area contributed by atoms with Crippen LogP contribution in [0.25, 0.3) is 28.1 Å². The van der Waals surface area contributed by atoms with E-state index in [1.165, 1.54) is 10.2 Å². The molecule has 24 heavy (non-hydrogen) atoms. The zero-order chi connectivity index (χ0) is 16.8. The summed E-state index contributed by atoms with van der Waals surface area (Å²) in [5.41, 5.74) is 6.71. The molecule has 0 amide bonds. The lowest BCUT2D eigenvalue weighted by molar-refractivity contribution is 0.791. The summed E-state index contributed by atoms with van der Waals surface area (Å²) in [5, 5.41) is 3.05. The van der Waals surface area contributed by atoms with Gasteiger partial charge in [0.05, 0.1) is 11.0 Å². The first kappa shape index (κ1) is 14.5. The number of fused-ring (bicyclic) bond motifs is 1. The van der Waals surface area contributed by atoms with Crippen LogP contribution in [0.4, 0.5) is 0 Å². The highest BCUT2D eigenvalue weighted by Gasteiger charge is 2.12. The van der Waals surface area contributed by atoms with Gasteiger partial charge in [-0.2, -0.15) is 4.68 Å². The van der Waals surface area contributed by atoms with E-state index in [0.29, 0.717) is 11.5 Å². The van der Waals surface area contributed by atoms with E-state index in [4.69, 9.17) is 0 Å². The normalized spacial score (nSPS) is 11.3. The summed E-state index contributed by atoms with van der Waals surface area (Å²) in [6.07, 6.45) is 0. The lowest BCUT2D eigenvalue weighted by Crippen LogP contribution is -2.16. The minimum atomic E-state index is -0.0784. The summed E-state index contributed by atoms with van der Waals surface area (Å²) in [6.45, 7) is 5.76. The van der Waals surface area contributed by atoms with Crippen molar-refractivity contribution < 1.29 is 0 Å². The third-order valence-electron chi connectivity index (χ3n) is 4.43. The molecule has 0 bridgehead atoms. The molecule has 5 nitrogen and oxygen atoms in total. The Kier molecular flexibility index (Phi) is 3.16. The monoisotopic (exact) mass is 318 g/mol. The Balaban J connectivity index is 1.82. The lowest BCUT2D eigenvalue weighted by Gasteiger charge is -2.02. The minimum Gasteiger partial charge on any atom is -0.322 e. The van der Waals surface area contributed by atoms with Gasteiger partial charge < -0.3 is 4.98 Å². The molecule has 2 N–H and O–H groups in total. The Hall–Kier alpha value is -3.08. The maximum atomic E-state index is 12.3. The van der Waals surface area contributed by atoms with Crippen LogP contribution in [-0.2, 0) is 0 Å². The SMILES string of the molecule is Cc1ccc(-c2ccc3nc(-n4[nH]c(C)c(C)c4=O)[nH]c3c2)cc1. The van der Waals surface area contributed by atoms with E-state index < -0.39 is 0 Å². The van der Waals surface area contributed by atoms with Crippen molar-refractivity contribution in [3.63, 3.8) is 0 Å². The number of hydrogen-bond acceptors (Lipinski definition) is 2. The van der Waals surface area contributed by atoms with E-state index in [2.05, 4.69) is 52.3 Å². The van der Waals surface area contributed by atoms with Crippen LogP contribution in [0.1, 0.15) is 16.8 Å². The molecule has 0 fully saturated rings. The summed E-state index contributed by atoms with van der Waals surface area (Å²) in [7, 11) is 0. The molecule has 2 heterocycles. The Morgan fingerprint density at radius 1 is 0.958 bits per heavy atom. The average molecular weight is 318 g/mol. The summed E-state index contributed by atoms with van der Waals surface area (Å²) < 4.78 is 1.45. The van der Waals surface area contributed by atoms with E-state index in [-0.39, 0.29) is 5.56 Å². The van der Waals surface area contributed by atoms with Crippen molar-refractivity contribution in [2.45, 2.75) is 20.8 Å². The Morgan fingerprint density at radius 3 is 2.33 bits per heavy atom. The van der Waals surface area contributed by atoms with Crippen LogP contribution < -0.4 is 5.56 Å². The van der Waals surface area contributed by atoms with Crippen molar-refractivity contribution in [3.05, 3.63) is 69.6 Å². The quantitative estimate of drug-likeness (QED) is 0.592. The van der Waals surface area contributed by atoms with Crippen LogP contribution in [0.5, 0.6) is 0 Å². The molecular weight excluding hydrogens is 300 g/mol. The molecule has 0 saturated carbocycles. The van der Waals surface area contributed by atoms with Gasteiger partial charge in [0.1, 0.15) is 0 Å². The summed E-state index contributed by atoms with van der Waals surface area (Å²) >= 11 is 0. The van der Waals surface area contributed by atoms with Crippen LogP contribution in [0, 0.1) is 20.8 Å². The number of benzene rings is 2. The average Bonchev–Trinajstić information content (AvgIpc) is 3.11. The minimum absolute atomic E-state index is 0.0784. The molecule has 0 unspecified atom stereocenters. The zero-order valence-corrected chi connectivity index (χ0v) is 13.8. The number of H-pyrrole nitrogens is 2. The Morgan fingerprint density at radius 2 is 1.67 bits per heavy atom. The van der Waals surface area contributed by atoms with Gasteiger partial charge in [0.2, 0.25) is 5.95 Å². The predicted molar refractivity (Wildman–Crippen MR) is 95.7 cm³/mol. The first-order valence-corrected chi connectivity index (χ1v) is 7.88. The second-order valence-corrected chi connectivity index (χ2v) is 6.16. The van der Waals surface area contributed by atoms with Gasteiger partial charge in [-0.1, -0.05) is 35.9 Å². The topological polar surface area (TPSA) is 66.5 Å². The van der Waals surface area contributed by atoms with Crippen LogP contribution >= 0.6 is 0 Å². The molecule has 4 aromatic rings. The molecule has 5 heteroatoms. The standard InChI is InChI=1S/C19H18N4O/c1-11-4-6-14(7-5-11)15-8-9-16-17(10-15)21-19(20-16)23-18(24)12(2)13(3)22-23/h4-10,22H,1-3H3,(H,20,21). The number of nitrogens with zero attached hydrogens (tertiary/aromatic N) is 2. The molecule has 0 saturated heterocycles. The maximum absolute atomic E-state index is 12.3. The van der Waals surface area contributed by atoms with Gasteiger partial charge in [-0.05, 0) is 44.0 Å². The predicted octanol–water partition coefficient (Wildman–Crippen LogP) is 3.63. The first-order valence-electron chi connectivity index (χ1n) is 7.88. The number of imidazole rings is 1. The fourth-order valence-corrected chi connectivity index (χ4v) is 2.81. The van der Waals surface area contributed by atoms with Gasteiger partial charge in [-0.3, -0.25) is 9.89 Å². The smallest absolute Gasteiger partial charge is 0.276 e. The van der Waals surface area contributed by atoms with E-state index in [1.807, 2.05) is 26.0 Å². The van der Waals surface area contributed by atoms with Gasteiger partial charge in [0, 0.05) is 11.3 Å². The number of aryl methyl sites for hydroxylation is 2. The van der Waals surface area contributed by atoms with Gasteiger partial charge >= 0.3 is 0 Å². The van der Waals surface area contributed by atoms with Gasteiger partial charge in [-0.25, -0.2) is 4.98 Å². The number of aromatic nitrogens is 4. The van der Waals surface area contributed by atoms with Crippen molar-refractivity contribution in [3.8, 4) is 17.1 Å². The van der Waals surface area contributed by atoms with Crippen molar-refractivity contribution in [1.82, 2.24) is 19.7 Å². The molecule has 0 atom stereocenters. The highest BCUT2D eigenvalue weighted by molar-refractivity contribution is 5.82. The number of nitrogens with one attached hydrogen (secondary N) is 2. The van der Waals surface area contributed by atoms with Crippen LogP contribution in [0.2, 0.25) is 0 Å². The molecule has 2 aromatic heterocycles. The van der Waals surface area contributed by atoms with Crippen LogP contribution in [0.3, 0.4) is 0 Å². The fourth-order valence-electron chi connectivity index (χ4n) is 2.81. The number of hydrogen-bond donors (Lipinski definition) is 2. The first-order chi connectivity index (χ1) is 11.5. The molecule has 0 spiro atoms. The summed E-state index contributed by atoms with van der Waals surface area (Å²) in [4.78, 5) is 20.0. The molecule has 4 rings (SSSR count). The van der Waals surface area contributed by atoms with Crippen molar-refractivity contribution in [2.75, 3.05) is 0 Å². The Labute approximate surface area is 139 Å². The van der Waals surface area contributed by atoms with E-state index >= 15 is 0 Å². The lowest BCUT2D eigenvalue weighted by atomic mass is 10.0. The molecule has 0 radical (unpaired) electrons. The van der Waals surface area contributed by atoms with Crippen molar-refractivity contribution in [2.24, 2.45) is 0 Å². The second kappa shape index (κ2) is 5.23. The number of rotatable bonds is 2. The maximum Gasteiger partial charge on any atom is 0.276 e. The van der Waals surface area contributed by atoms with E-state index in [1.54, 1.807) is 0 Å². The molecular formula is C19H18N4O.